The largest absolute Gasteiger partial charge is 0.393 e. The normalized spacial score (nSPS) is 61.2. The van der Waals surface area contributed by atoms with Crippen LogP contribution in [0, 0.1) is 34.5 Å². The Hall–Kier alpha value is -0.0800. The fourth-order valence-electron chi connectivity index (χ4n) is 7.48. The van der Waals surface area contributed by atoms with Gasteiger partial charge in [-0.1, -0.05) is 13.8 Å². The van der Waals surface area contributed by atoms with E-state index in [1.807, 2.05) is 0 Å². The van der Waals surface area contributed by atoms with Crippen LogP contribution in [0.2, 0.25) is 0 Å². The number of aliphatic hydroxyl groups excluding tert-OH is 1. The van der Waals surface area contributed by atoms with Crippen molar-refractivity contribution in [3.05, 3.63) is 0 Å². The molecule has 1 unspecified atom stereocenters. The van der Waals surface area contributed by atoms with Crippen LogP contribution >= 0.6 is 0 Å². The fourth-order valence-corrected chi connectivity index (χ4v) is 7.48. The summed E-state index contributed by atoms with van der Waals surface area (Å²) in [5, 5.41) is 21.0. The highest BCUT2D eigenvalue weighted by Crippen LogP contribution is 2.68. The fraction of sp³-hybridized carbons (Fsp3) is 1.00. The molecule has 0 aliphatic heterocycles. The maximum Gasteiger partial charge on any atom is 0.0675 e. The van der Waals surface area contributed by atoms with Gasteiger partial charge in [-0.25, -0.2) is 0 Å². The van der Waals surface area contributed by atoms with Crippen LogP contribution in [0.4, 0.5) is 0 Å². The average Bonchev–Trinajstić information content (AvgIpc) is 2.70. The van der Waals surface area contributed by atoms with E-state index in [-0.39, 0.29) is 11.5 Å². The van der Waals surface area contributed by atoms with Gasteiger partial charge in [0.2, 0.25) is 0 Å². The van der Waals surface area contributed by atoms with Crippen molar-refractivity contribution in [2.24, 2.45) is 34.5 Å². The third-order valence-electron chi connectivity index (χ3n) is 9.20. The Bertz CT molecular complexity index is 459. The molecule has 0 radical (unpaired) electrons. The molecule has 4 aliphatic rings. The summed E-state index contributed by atoms with van der Waals surface area (Å²) in [6.07, 6.45) is 10.6. The highest BCUT2D eigenvalue weighted by atomic mass is 16.3. The van der Waals surface area contributed by atoms with Crippen molar-refractivity contribution in [3.8, 4) is 0 Å². The lowest BCUT2D eigenvalue weighted by Crippen LogP contribution is -2.56. The van der Waals surface area contributed by atoms with E-state index in [2.05, 4.69) is 20.8 Å². The van der Waals surface area contributed by atoms with E-state index in [1.165, 1.54) is 38.5 Å². The molecule has 2 nitrogen and oxygen atoms in total. The monoisotopic (exact) mass is 306 g/mol. The molecule has 126 valence electrons. The SMILES string of the molecule is C[C@]12CCC(O)C[C@@H]1CC[C@@H]1[C@@H]2CC[C@@]2(C)[C@H]1CC[C@]2(C)O. The van der Waals surface area contributed by atoms with E-state index >= 15 is 0 Å². The van der Waals surface area contributed by atoms with Gasteiger partial charge in [0.25, 0.3) is 0 Å². The highest BCUT2D eigenvalue weighted by molar-refractivity contribution is 5.12. The van der Waals surface area contributed by atoms with Gasteiger partial charge in [0.15, 0.2) is 0 Å². The van der Waals surface area contributed by atoms with Crippen LogP contribution in [0.15, 0.2) is 0 Å². The molecule has 0 aromatic rings. The van der Waals surface area contributed by atoms with E-state index in [0.717, 1.165) is 42.9 Å². The van der Waals surface area contributed by atoms with Crippen LogP contribution in [-0.2, 0) is 0 Å². The van der Waals surface area contributed by atoms with Gasteiger partial charge >= 0.3 is 0 Å². The van der Waals surface area contributed by atoms with Crippen molar-refractivity contribution >= 4 is 0 Å². The number of aliphatic hydroxyl groups is 2. The van der Waals surface area contributed by atoms with Gasteiger partial charge in [-0.3, -0.25) is 0 Å². The van der Waals surface area contributed by atoms with Crippen molar-refractivity contribution in [1.29, 1.82) is 0 Å². The van der Waals surface area contributed by atoms with Gasteiger partial charge < -0.3 is 10.2 Å². The van der Waals surface area contributed by atoms with Crippen molar-refractivity contribution in [3.63, 3.8) is 0 Å². The van der Waals surface area contributed by atoms with Crippen LogP contribution in [0.3, 0.4) is 0 Å². The zero-order valence-corrected chi connectivity index (χ0v) is 14.6. The summed E-state index contributed by atoms with van der Waals surface area (Å²) < 4.78 is 0. The highest BCUT2D eigenvalue weighted by Gasteiger charge is 2.63. The van der Waals surface area contributed by atoms with Gasteiger partial charge in [0, 0.05) is 0 Å². The summed E-state index contributed by atoms with van der Waals surface area (Å²) in [6, 6.07) is 0. The second kappa shape index (κ2) is 4.72. The van der Waals surface area contributed by atoms with Gasteiger partial charge in [-0.2, -0.15) is 0 Å². The van der Waals surface area contributed by atoms with Gasteiger partial charge in [-0.15, -0.1) is 0 Å². The zero-order chi connectivity index (χ0) is 15.8. The molecule has 0 amide bonds. The quantitative estimate of drug-likeness (QED) is 0.706. The topological polar surface area (TPSA) is 40.5 Å². The second-order valence-corrected chi connectivity index (χ2v) is 9.85. The average molecular weight is 306 g/mol. The van der Waals surface area contributed by atoms with E-state index in [1.54, 1.807) is 0 Å². The molecule has 22 heavy (non-hydrogen) atoms. The molecule has 0 aromatic carbocycles. The molecule has 2 heteroatoms. The zero-order valence-electron chi connectivity index (χ0n) is 14.6. The van der Waals surface area contributed by atoms with Crippen LogP contribution < -0.4 is 0 Å². The third kappa shape index (κ3) is 1.86. The standard InChI is InChI=1S/C20H34O2/c1-18-9-6-14(21)12-13(18)4-5-15-16(18)7-10-19(2)17(15)8-11-20(19,3)22/h13-17,21-22H,4-12H2,1-3H3/t13-,14?,15+,16-,17-,18-,19-,20-/m0/s1. The van der Waals surface area contributed by atoms with Gasteiger partial charge in [0.05, 0.1) is 11.7 Å². The lowest BCUT2D eigenvalue weighted by molar-refractivity contribution is -0.153. The Kier molecular flexibility index (Phi) is 3.32. The first kappa shape index (κ1) is 15.4. The smallest absolute Gasteiger partial charge is 0.0675 e. The van der Waals surface area contributed by atoms with Crippen molar-refractivity contribution in [2.75, 3.05) is 0 Å². The lowest BCUT2D eigenvalue weighted by Gasteiger charge is -2.61. The number of hydrogen-bond acceptors (Lipinski definition) is 2. The Labute approximate surface area is 135 Å². The van der Waals surface area contributed by atoms with Crippen LogP contribution in [0.25, 0.3) is 0 Å². The third-order valence-corrected chi connectivity index (χ3v) is 9.20. The second-order valence-electron chi connectivity index (χ2n) is 9.85. The molecule has 4 fully saturated rings. The number of fused-ring (bicyclic) bond motifs is 5. The molecule has 0 bridgehead atoms. The molecule has 0 aromatic heterocycles. The van der Waals surface area contributed by atoms with Crippen LogP contribution in [-0.4, -0.2) is 21.9 Å². The predicted molar refractivity (Wildman–Crippen MR) is 88.4 cm³/mol. The molecule has 8 atom stereocenters. The minimum atomic E-state index is -0.455. The summed E-state index contributed by atoms with van der Waals surface area (Å²) >= 11 is 0. The molecular weight excluding hydrogens is 272 g/mol. The Morgan fingerprint density at radius 2 is 1.55 bits per heavy atom. The first-order valence-corrected chi connectivity index (χ1v) is 9.68. The molecule has 4 aliphatic carbocycles. The van der Waals surface area contributed by atoms with Gasteiger partial charge in [0.1, 0.15) is 0 Å². The Morgan fingerprint density at radius 1 is 0.818 bits per heavy atom. The van der Waals surface area contributed by atoms with Crippen molar-refractivity contribution < 1.29 is 10.2 Å². The van der Waals surface area contributed by atoms with Gasteiger partial charge in [-0.05, 0) is 99.2 Å². The Balaban J connectivity index is 1.64. The molecule has 4 rings (SSSR count). The minimum absolute atomic E-state index is 0.0457. The number of hydrogen-bond donors (Lipinski definition) is 2. The van der Waals surface area contributed by atoms with Crippen LogP contribution in [0.1, 0.15) is 78.6 Å². The molecule has 4 saturated carbocycles. The van der Waals surface area contributed by atoms with E-state index in [9.17, 15) is 10.2 Å². The molecule has 0 heterocycles. The summed E-state index contributed by atoms with van der Waals surface area (Å²) in [4.78, 5) is 0. The van der Waals surface area contributed by atoms with E-state index in [0.29, 0.717) is 5.41 Å². The summed E-state index contributed by atoms with van der Waals surface area (Å²) in [5.41, 5.74) is 0.145. The van der Waals surface area contributed by atoms with E-state index < -0.39 is 5.60 Å². The summed E-state index contributed by atoms with van der Waals surface area (Å²) in [6.45, 7) is 7.01. The molecule has 2 N–H and O–H groups in total. The molecule has 0 spiro atoms. The maximum atomic E-state index is 10.9. The minimum Gasteiger partial charge on any atom is -0.393 e. The van der Waals surface area contributed by atoms with Crippen molar-refractivity contribution in [2.45, 2.75) is 90.3 Å². The first-order valence-electron chi connectivity index (χ1n) is 9.68. The Morgan fingerprint density at radius 3 is 2.32 bits per heavy atom. The van der Waals surface area contributed by atoms with E-state index in [4.69, 9.17) is 0 Å². The first-order chi connectivity index (χ1) is 10.3. The summed E-state index contributed by atoms with van der Waals surface area (Å²) in [7, 11) is 0. The molecular formula is C20H34O2. The summed E-state index contributed by atoms with van der Waals surface area (Å²) in [5.74, 6) is 3.13. The van der Waals surface area contributed by atoms with Crippen molar-refractivity contribution in [1.82, 2.24) is 0 Å². The maximum absolute atomic E-state index is 10.9. The lowest BCUT2D eigenvalue weighted by atomic mass is 9.44. The number of rotatable bonds is 0. The molecule has 0 saturated heterocycles. The van der Waals surface area contributed by atoms with Crippen LogP contribution in [0.5, 0.6) is 0 Å². The predicted octanol–water partition coefficient (Wildman–Crippen LogP) is 4.14.